The van der Waals surface area contributed by atoms with E-state index in [0.717, 1.165) is 101 Å². The van der Waals surface area contributed by atoms with E-state index in [9.17, 15) is 81.5 Å². The van der Waals surface area contributed by atoms with E-state index in [1.807, 2.05) is 0 Å². The second-order valence-corrected chi connectivity index (χ2v) is 28.6. The van der Waals surface area contributed by atoms with Crippen molar-refractivity contribution in [1.29, 1.82) is 0 Å². The minimum atomic E-state index is -1.40. The molecule has 3 saturated heterocycles. The van der Waals surface area contributed by atoms with Crippen molar-refractivity contribution in [3.63, 3.8) is 0 Å². The molecule has 0 aromatic rings. The number of aliphatic carboxylic acids is 1. The van der Waals surface area contributed by atoms with Gasteiger partial charge in [0, 0.05) is 140 Å². The van der Waals surface area contributed by atoms with Crippen molar-refractivity contribution in [2.75, 3.05) is 98.9 Å². The van der Waals surface area contributed by atoms with Crippen LogP contribution < -0.4 is 37.2 Å². The smallest absolute Gasteiger partial charge is 0.303 e. The molecule has 682 valence electrons. The summed E-state index contributed by atoms with van der Waals surface area (Å²) in [6, 6.07) is -3.75. The van der Waals surface area contributed by atoms with Crippen molar-refractivity contribution in [3.05, 3.63) is 0 Å². The number of hydrogen-bond donors (Lipinski definition) is 8. The zero-order chi connectivity index (χ0) is 89.3. The Kier molecular flexibility index (Phi) is 50.5. The normalized spacial score (nSPS) is 22.9. The number of amides is 7. The highest BCUT2D eigenvalue weighted by Crippen LogP contribution is 2.33. The van der Waals surface area contributed by atoms with Gasteiger partial charge in [0.1, 0.15) is 56.3 Å². The first-order valence-electron chi connectivity index (χ1n) is 40.0. The lowest BCUT2D eigenvalue weighted by atomic mass is 9.82. The highest BCUT2D eigenvalue weighted by atomic mass is 16.7. The largest absolute Gasteiger partial charge is 0.481 e. The summed E-state index contributed by atoms with van der Waals surface area (Å²) >= 11 is 0. The summed E-state index contributed by atoms with van der Waals surface area (Å²) in [6.07, 6.45) is -10.0. The minimum Gasteiger partial charge on any atom is -0.481 e. The first-order chi connectivity index (χ1) is 56.9. The van der Waals surface area contributed by atoms with Crippen LogP contribution in [0.15, 0.2) is 0 Å². The number of ether oxygens (including phenoxy) is 18. The van der Waals surface area contributed by atoms with Gasteiger partial charge in [-0.15, -0.1) is 0 Å². The summed E-state index contributed by atoms with van der Waals surface area (Å²) in [5.74, 6) is -11.6. The number of carbonyl (C=O) groups is 17. The number of carbonyl (C=O) groups excluding carboxylic acids is 16. The molecule has 0 spiro atoms. The van der Waals surface area contributed by atoms with E-state index >= 15 is 0 Å². The van der Waals surface area contributed by atoms with E-state index in [1.165, 1.54) is 20.8 Å². The molecular weight excluding hydrogens is 1600 g/mol. The van der Waals surface area contributed by atoms with Gasteiger partial charge in [0.15, 0.2) is 55.5 Å². The highest BCUT2D eigenvalue weighted by Gasteiger charge is 2.54. The second kappa shape index (κ2) is 57.8. The van der Waals surface area contributed by atoms with Crippen LogP contribution in [0.4, 0.5) is 0 Å². The van der Waals surface area contributed by atoms with Crippen molar-refractivity contribution in [2.24, 2.45) is 0 Å². The lowest BCUT2D eigenvalue weighted by Crippen LogP contribution is -2.66. The van der Waals surface area contributed by atoms with Gasteiger partial charge in [-0.05, 0) is 32.1 Å². The topological polar surface area (TPSA) is 561 Å². The Balaban J connectivity index is 1.85. The van der Waals surface area contributed by atoms with Gasteiger partial charge in [-0.25, -0.2) is 0 Å². The molecule has 3 aliphatic rings. The van der Waals surface area contributed by atoms with E-state index in [4.69, 9.17) is 90.4 Å². The summed E-state index contributed by atoms with van der Waals surface area (Å²) in [7, 11) is 0. The van der Waals surface area contributed by atoms with Crippen LogP contribution in [0.1, 0.15) is 192 Å². The van der Waals surface area contributed by atoms with Crippen LogP contribution in [-0.4, -0.2) is 303 Å². The minimum absolute atomic E-state index is 0.0380. The fraction of sp³-hybridized carbons (Fsp3) is 0.779. The van der Waals surface area contributed by atoms with E-state index in [1.54, 1.807) is 0 Å². The SMILES string of the molecule is CC(=O)NC1C(OC(C)=O)[C@@H](OC(C)=O)C(COC(C)=O)O[C@H]1OCCOCCNC(=O)CCC(CCC(=O)NCCOCCO[C@@H]1OC(COC(C)=O)[C@H](OC(C)=O)C(OC(C)=O)C1NC(C)=O)(CCC(=O)NCCOCCO[C@@H]1OC(COC(C)=O)[C@H](OC(C)=O)C(OC(C)=O)C1NC(C)=O)NC(=O)CCCCCCCCCCCC(=O)O. The van der Waals surface area contributed by atoms with Crippen molar-refractivity contribution >= 4 is 101 Å². The summed E-state index contributed by atoms with van der Waals surface area (Å²) in [5, 5.41) is 28.2. The Morgan fingerprint density at radius 2 is 0.558 bits per heavy atom. The molecule has 0 aromatic heterocycles. The maximum Gasteiger partial charge on any atom is 0.303 e. The number of nitrogens with one attached hydrogen (secondary N) is 7. The predicted molar refractivity (Wildman–Crippen MR) is 408 cm³/mol. The Bertz CT molecular complexity index is 3020. The molecule has 0 aromatic carbocycles. The number of carboxylic acids is 1. The molecule has 15 atom stereocenters. The van der Waals surface area contributed by atoms with Gasteiger partial charge in [0.2, 0.25) is 41.4 Å². The number of hydrogen-bond acceptors (Lipinski definition) is 35. The van der Waals surface area contributed by atoms with Crippen molar-refractivity contribution < 1.29 is 172 Å². The summed E-state index contributed by atoms with van der Waals surface area (Å²) in [6.45, 7) is 10.6. The number of unbranched alkanes of at least 4 members (excludes halogenated alkanes) is 8. The molecule has 3 heterocycles. The maximum absolute atomic E-state index is 14.2. The third-order valence-corrected chi connectivity index (χ3v) is 18.1. The van der Waals surface area contributed by atoms with Gasteiger partial charge < -0.3 is 128 Å². The van der Waals surface area contributed by atoms with Gasteiger partial charge in [-0.1, -0.05) is 44.9 Å². The standard InChI is InChI=1S/C77H123N7O36/c1-45(85)81-65-71(115-54(10)94)68(112-51(7)91)57(42-109-48(4)88)118-74(65)106-39-36-103-33-30-78-60(97)24-27-77(84-63(100)22-20-18-16-14-13-15-17-19-21-23-64(101)102,28-25-61(98)79-31-34-104-37-40-107-75-66(82-46(2)86)72(116-55(11)95)69(113-52(8)92)58(119-75)43-110-49(5)89)29-26-62(99)80-32-35-105-38-41-108-76-67(83-47(3)87)73(117-56(12)96)70(114-53(9)93)59(120-76)44-111-50(6)90/h57-59,65-76H,13-44H2,1-12H3,(H,78,97)(H,79,98)(H,80,99)(H,81,85)(H,82,86)(H,83,87)(H,84,100)(H,101,102)/t57?,58?,59?,65?,66?,67?,68-,69-,70-,71?,72?,73?,74+,75+,76+,77?/m0/s1. The molecule has 0 bridgehead atoms. The Morgan fingerprint density at radius 1 is 0.300 bits per heavy atom. The molecule has 0 aliphatic carbocycles. The van der Waals surface area contributed by atoms with Crippen LogP contribution in [0.3, 0.4) is 0 Å². The van der Waals surface area contributed by atoms with E-state index in [2.05, 4.69) is 37.2 Å². The Morgan fingerprint density at radius 3 is 0.808 bits per heavy atom. The highest BCUT2D eigenvalue weighted by molar-refractivity contribution is 5.81. The van der Waals surface area contributed by atoms with Crippen molar-refractivity contribution in [2.45, 2.75) is 290 Å². The summed E-state index contributed by atoms with van der Waals surface area (Å²) < 4.78 is 102. The third-order valence-electron chi connectivity index (χ3n) is 18.1. The average Bonchev–Trinajstić information content (AvgIpc) is 0.797. The first kappa shape index (κ1) is 105. The van der Waals surface area contributed by atoms with Crippen LogP contribution in [0.5, 0.6) is 0 Å². The molecule has 43 nitrogen and oxygen atoms in total. The molecule has 0 radical (unpaired) electrons. The lowest BCUT2D eigenvalue weighted by Gasteiger charge is -2.44. The van der Waals surface area contributed by atoms with Crippen molar-refractivity contribution in [3.8, 4) is 0 Å². The van der Waals surface area contributed by atoms with Gasteiger partial charge in [0.05, 0.1) is 59.5 Å². The van der Waals surface area contributed by atoms with Gasteiger partial charge in [-0.3, -0.25) is 81.5 Å². The fourth-order valence-corrected chi connectivity index (χ4v) is 13.1. The average molecular weight is 1720 g/mol. The Hall–Kier alpha value is -9.37. The molecule has 120 heavy (non-hydrogen) atoms. The van der Waals surface area contributed by atoms with Gasteiger partial charge in [0.25, 0.3) is 0 Å². The third kappa shape index (κ3) is 44.3. The van der Waals surface area contributed by atoms with E-state index in [-0.39, 0.29) is 130 Å². The van der Waals surface area contributed by atoms with Crippen LogP contribution in [0.2, 0.25) is 0 Å². The van der Waals surface area contributed by atoms with Crippen LogP contribution >= 0.6 is 0 Å². The van der Waals surface area contributed by atoms with Crippen molar-refractivity contribution in [1.82, 2.24) is 37.2 Å². The molecule has 3 aliphatic heterocycles. The molecule has 43 heteroatoms. The number of rotatable bonds is 58. The monoisotopic (exact) mass is 1720 g/mol. The number of esters is 9. The van der Waals surface area contributed by atoms with E-state index < -0.39 is 218 Å². The number of carboxylic acid groups (broad SMARTS) is 1. The maximum atomic E-state index is 14.2. The fourth-order valence-electron chi connectivity index (χ4n) is 13.1. The molecule has 3 fully saturated rings. The van der Waals surface area contributed by atoms with E-state index in [0.29, 0.717) is 19.3 Å². The second-order valence-electron chi connectivity index (χ2n) is 28.6. The quantitative estimate of drug-likeness (QED) is 0.0225. The first-order valence-corrected chi connectivity index (χ1v) is 40.0. The molecule has 3 rings (SSSR count). The summed E-state index contributed by atoms with van der Waals surface area (Å²) in [4.78, 5) is 213. The molecule has 8 N–H and O–H groups in total. The predicted octanol–water partition coefficient (Wildman–Crippen LogP) is -0.0258. The summed E-state index contributed by atoms with van der Waals surface area (Å²) in [5.41, 5.74) is -1.40. The van der Waals surface area contributed by atoms with Gasteiger partial charge >= 0.3 is 59.7 Å². The van der Waals surface area contributed by atoms with Crippen LogP contribution in [0.25, 0.3) is 0 Å². The molecule has 9 unspecified atom stereocenters. The molecular formula is C77H123N7O36. The van der Waals surface area contributed by atoms with Crippen LogP contribution in [-0.2, 0) is 167 Å². The Labute approximate surface area is 696 Å². The van der Waals surface area contributed by atoms with Gasteiger partial charge in [-0.2, -0.15) is 0 Å². The van der Waals surface area contributed by atoms with Crippen LogP contribution in [0, 0.1) is 0 Å². The molecule has 7 amide bonds. The zero-order valence-electron chi connectivity index (χ0n) is 70.5. The zero-order valence-corrected chi connectivity index (χ0v) is 70.5. The molecule has 0 saturated carbocycles. The lowest BCUT2D eigenvalue weighted by molar-refractivity contribution is -0.279.